The average Bonchev–Trinajstić information content (AvgIpc) is 3.01. The van der Waals surface area contributed by atoms with Crippen molar-refractivity contribution in [1.82, 2.24) is 0 Å². The molecule has 1 aromatic rings. The third-order valence-electron chi connectivity index (χ3n) is 3.05. The van der Waals surface area contributed by atoms with Crippen molar-refractivity contribution in [2.24, 2.45) is 5.41 Å². The first-order chi connectivity index (χ1) is 7.15. The number of nitrogens with two attached hydrogens (primary N) is 2. The molecule has 0 aliphatic heterocycles. The third-order valence-corrected chi connectivity index (χ3v) is 3.05. The lowest BCUT2D eigenvalue weighted by Crippen LogP contribution is -2.19. The van der Waals surface area contributed by atoms with E-state index in [2.05, 4.69) is 5.32 Å². The van der Waals surface area contributed by atoms with Crippen molar-refractivity contribution in [3.8, 4) is 0 Å². The highest BCUT2D eigenvalue weighted by Gasteiger charge is 2.41. The lowest BCUT2D eigenvalue weighted by molar-refractivity contribution is 0.220. The molecule has 1 aromatic carbocycles. The number of rotatable bonds is 4. The molecule has 0 atom stereocenters. The summed E-state index contributed by atoms with van der Waals surface area (Å²) < 4.78 is 0. The zero-order valence-electron chi connectivity index (χ0n) is 8.66. The average molecular weight is 207 g/mol. The highest BCUT2D eigenvalue weighted by molar-refractivity contribution is 5.69. The summed E-state index contributed by atoms with van der Waals surface area (Å²) in [6, 6.07) is 5.51. The lowest BCUT2D eigenvalue weighted by Gasteiger charge is -2.14. The SMILES string of the molecule is Nc1ccc(NCC2(CO)CC2)cc1N. The molecule has 1 aliphatic carbocycles. The van der Waals surface area contributed by atoms with Crippen LogP contribution in [0.3, 0.4) is 0 Å². The van der Waals surface area contributed by atoms with Crippen molar-refractivity contribution in [3.05, 3.63) is 18.2 Å². The second-order valence-corrected chi connectivity index (χ2v) is 4.36. The first-order valence-electron chi connectivity index (χ1n) is 5.15. The molecule has 6 N–H and O–H groups in total. The summed E-state index contributed by atoms with van der Waals surface area (Å²) in [6.07, 6.45) is 2.20. The Morgan fingerprint density at radius 2 is 2.00 bits per heavy atom. The van der Waals surface area contributed by atoms with Crippen molar-refractivity contribution in [1.29, 1.82) is 0 Å². The quantitative estimate of drug-likeness (QED) is 0.556. The van der Waals surface area contributed by atoms with E-state index in [1.54, 1.807) is 6.07 Å². The minimum absolute atomic E-state index is 0.107. The summed E-state index contributed by atoms with van der Waals surface area (Å²) >= 11 is 0. The van der Waals surface area contributed by atoms with Crippen LogP contribution in [0.4, 0.5) is 17.1 Å². The predicted molar refractivity (Wildman–Crippen MR) is 62.5 cm³/mol. The first kappa shape index (κ1) is 10.1. The molecule has 0 spiro atoms. The van der Waals surface area contributed by atoms with Gasteiger partial charge in [-0.05, 0) is 31.0 Å². The van der Waals surface area contributed by atoms with Crippen LogP contribution in [-0.2, 0) is 0 Å². The maximum absolute atomic E-state index is 9.15. The molecular weight excluding hydrogens is 190 g/mol. The number of hydrogen-bond donors (Lipinski definition) is 4. The van der Waals surface area contributed by atoms with E-state index in [0.717, 1.165) is 25.1 Å². The van der Waals surface area contributed by atoms with Gasteiger partial charge in [0.1, 0.15) is 0 Å². The van der Waals surface area contributed by atoms with Crippen LogP contribution in [0.2, 0.25) is 0 Å². The third kappa shape index (κ3) is 2.15. The Morgan fingerprint density at radius 1 is 1.27 bits per heavy atom. The Labute approximate surface area is 89.3 Å². The molecule has 0 saturated heterocycles. The van der Waals surface area contributed by atoms with Crippen molar-refractivity contribution < 1.29 is 5.11 Å². The summed E-state index contributed by atoms with van der Waals surface area (Å²) in [7, 11) is 0. The molecular formula is C11H17N3O. The van der Waals surface area contributed by atoms with Crippen LogP contribution < -0.4 is 16.8 Å². The van der Waals surface area contributed by atoms with Gasteiger partial charge in [-0.15, -0.1) is 0 Å². The lowest BCUT2D eigenvalue weighted by atomic mass is 10.1. The molecule has 0 unspecified atom stereocenters. The fourth-order valence-electron chi connectivity index (χ4n) is 1.54. The van der Waals surface area contributed by atoms with Crippen LogP contribution in [0.25, 0.3) is 0 Å². The molecule has 1 fully saturated rings. The summed E-state index contributed by atoms with van der Waals surface area (Å²) in [4.78, 5) is 0. The van der Waals surface area contributed by atoms with Crippen LogP contribution >= 0.6 is 0 Å². The van der Waals surface area contributed by atoms with E-state index < -0.39 is 0 Å². The Bertz CT molecular complexity index is 361. The Hall–Kier alpha value is -1.42. The molecule has 2 rings (SSSR count). The van der Waals surface area contributed by atoms with Gasteiger partial charge in [-0.2, -0.15) is 0 Å². The standard InChI is InChI=1S/C11H17N3O/c12-9-2-1-8(5-10(9)13)14-6-11(7-15)3-4-11/h1-2,5,14-15H,3-4,6-7,12-13H2. The van der Waals surface area contributed by atoms with Gasteiger partial charge in [0.2, 0.25) is 0 Å². The van der Waals surface area contributed by atoms with E-state index in [1.165, 1.54) is 0 Å². The topological polar surface area (TPSA) is 84.3 Å². The van der Waals surface area contributed by atoms with Crippen LogP contribution in [-0.4, -0.2) is 18.3 Å². The molecule has 82 valence electrons. The Balaban J connectivity index is 1.96. The highest BCUT2D eigenvalue weighted by atomic mass is 16.3. The van der Waals surface area contributed by atoms with Crippen LogP contribution in [0.1, 0.15) is 12.8 Å². The maximum atomic E-state index is 9.15. The van der Waals surface area contributed by atoms with Crippen molar-refractivity contribution in [2.75, 3.05) is 29.9 Å². The zero-order valence-corrected chi connectivity index (χ0v) is 8.66. The number of aliphatic hydroxyl groups is 1. The molecule has 0 radical (unpaired) electrons. The van der Waals surface area contributed by atoms with Crippen LogP contribution in [0.5, 0.6) is 0 Å². The van der Waals surface area contributed by atoms with Crippen molar-refractivity contribution in [3.63, 3.8) is 0 Å². The second kappa shape index (κ2) is 3.62. The van der Waals surface area contributed by atoms with E-state index >= 15 is 0 Å². The van der Waals surface area contributed by atoms with Gasteiger partial charge < -0.3 is 21.9 Å². The second-order valence-electron chi connectivity index (χ2n) is 4.36. The predicted octanol–water partition coefficient (Wildman–Crippen LogP) is 1.04. The molecule has 4 heteroatoms. The summed E-state index contributed by atoms with van der Waals surface area (Å²) in [5.41, 5.74) is 13.6. The molecule has 0 aromatic heterocycles. The van der Waals surface area contributed by atoms with Gasteiger partial charge in [-0.25, -0.2) is 0 Å². The van der Waals surface area contributed by atoms with Gasteiger partial charge >= 0.3 is 0 Å². The van der Waals surface area contributed by atoms with Gasteiger partial charge in [0.15, 0.2) is 0 Å². The largest absolute Gasteiger partial charge is 0.397 e. The van der Waals surface area contributed by atoms with E-state index in [9.17, 15) is 0 Å². The van der Waals surface area contributed by atoms with Crippen molar-refractivity contribution >= 4 is 17.1 Å². The number of nitrogens with one attached hydrogen (secondary N) is 1. The molecule has 0 bridgehead atoms. The van der Waals surface area contributed by atoms with Gasteiger partial charge in [0, 0.05) is 17.6 Å². The van der Waals surface area contributed by atoms with Gasteiger partial charge in [-0.1, -0.05) is 0 Å². The van der Waals surface area contributed by atoms with E-state index in [4.69, 9.17) is 16.6 Å². The Morgan fingerprint density at radius 3 is 2.53 bits per heavy atom. The fourth-order valence-corrected chi connectivity index (χ4v) is 1.54. The normalized spacial score (nSPS) is 17.4. The number of hydrogen-bond acceptors (Lipinski definition) is 4. The fraction of sp³-hybridized carbons (Fsp3) is 0.455. The van der Waals surface area contributed by atoms with Gasteiger partial charge in [0.05, 0.1) is 18.0 Å². The van der Waals surface area contributed by atoms with E-state index in [1.807, 2.05) is 12.1 Å². The first-order valence-corrected chi connectivity index (χ1v) is 5.15. The van der Waals surface area contributed by atoms with Crippen LogP contribution in [0.15, 0.2) is 18.2 Å². The maximum Gasteiger partial charge on any atom is 0.0568 e. The molecule has 0 heterocycles. The number of benzene rings is 1. The highest BCUT2D eigenvalue weighted by Crippen LogP contribution is 2.44. The summed E-state index contributed by atoms with van der Waals surface area (Å²) in [5, 5.41) is 12.4. The summed E-state index contributed by atoms with van der Waals surface area (Å²) in [5.74, 6) is 0. The minimum atomic E-state index is 0.107. The monoisotopic (exact) mass is 207 g/mol. The summed E-state index contributed by atoms with van der Waals surface area (Å²) in [6.45, 7) is 1.05. The van der Waals surface area contributed by atoms with Crippen molar-refractivity contribution in [2.45, 2.75) is 12.8 Å². The smallest absolute Gasteiger partial charge is 0.0568 e. The van der Waals surface area contributed by atoms with Gasteiger partial charge in [0.25, 0.3) is 0 Å². The van der Waals surface area contributed by atoms with E-state index in [-0.39, 0.29) is 12.0 Å². The zero-order chi connectivity index (χ0) is 10.9. The van der Waals surface area contributed by atoms with E-state index in [0.29, 0.717) is 11.4 Å². The number of anilines is 3. The van der Waals surface area contributed by atoms with Gasteiger partial charge in [-0.3, -0.25) is 0 Å². The molecule has 15 heavy (non-hydrogen) atoms. The molecule has 1 aliphatic rings. The number of nitrogen functional groups attached to an aromatic ring is 2. The number of aliphatic hydroxyl groups excluding tert-OH is 1. The Kier molecular flexibility index (Phi) is 2.44. The minimum Gasteiger partial charge on any atom is -0.397 e. The molecule has 4 nitrogen and oxygen atoms in total. The van der Waals surface area contributed by atoms with Crippen LogP contribution in [0, 0.1) is 5.41 Å². The molecule has 1 saturated carbocycles. The molecule has 0 amide bonds.